The maximum Gasteiger partial charge on any atom is 0.233 e. The van der Waals surface area contributed by atoms with Crippen molar-refractivity contribution < 1.29 is 10.0 Å². The number of hydroxylamine groups is 2. The van der Waals surface area contributed by atoms with Crippen LogP contribution in [0.15, 0.2) is 30.3 Å². The van der Waals surface area contributed by atoms with Crippen molar-refractivity contribution in [2.75, 3.05) is 6.54 Å². The third kappa shape index (κ3) is 2.72. The molecule has 1 aromatic carbocycles. The van der Waals surface area contributed by atoms with Crippen LogP contribution in [-0.2, 0) is 11.2 Å². The molecule has 0 atom stereocenters. The Kier molecular flexibility index (Phi) is 3.29. The maximum absolute atomic E-state index is 10.0. The van der Waals surface area contributed by atoms with Crippen molar-refractivity contribution in [3.63, 3.8) is 0 Å². The Hall–Kier alpha value is -1.35. The molecule has 0 saturated carbocycles. The van der Waals surface area contributed by atoms with Gasteiger partial charge < -0.3 is 0 Å². The van der Waals surface area contributed by atoms with Crippen molar-refractivity contribution >= 4 is 6.41 Å². The first-order chi connectivity index (χ1) is 5.83. The zero-order valence-corrected chi connectivity index (χ0v) is 6.68. The quantitative estimate of drug-likeness (QED) is 0.412. The standard InChI is InChI=1S/C9H11NO2/c11-8-10(12)7-6-9-4-2-1-3-5-9/h1-5,8,12H,6-7H2. The molecule has 3 heteroatoms. The van der Waals surface area contributed by atoms with Gasteiger partial charge in [-0.1, -0.05) is 30.3 Å². The second-order valence-electron chi connectivity index (χ2n) is 2.50. The van der Waals surface area contributed by atoms with Crippen LogP contribution >= 0.6 is 0 Å². The lowest BCUT2D eigenvalue weighted by Gasteiger charge is -2.07. The summed E-state index contributed by atoms with van der Waals surface area (Å²) in [6.07, 6.45) is 1.08. The first kappa shape index (κ1) is 8.74. The van der Waals surface area contributed by atoms with Crippen LogP contribution < -0.4 is 0 Å². The smallest absolute Gasteiger partial charge is 0.233 e. The topological polar surface area (TPSA) is 40.5 Å². The van der Waals surface area contributed by atoms with E-state index in [2.05, 4.69) is 0 Å². The first-order valence-electron chi connectivity index (χ1n) is 3.77. The third-order valence-electron chi connectivity index (χ3n) is 1.59. The zero-order chi connectivity index (χ0) is 8.81. The van der Waals surface area contributed by atoms with E-state index in [1.165, 1.54) is 0 Å². The van der Waals surface area contributed by atoms with Crippen molar-refractivity contribution in [2.24, 2.45) is 0 Å². The number of hydrogen-bond acceptors (Lipinski definition) is 2. The number of amides is 1. The van der Waals surface area contributed by atoms with Gasteiger partial charge in [0.25, 0.3) is 0 Å². The molecule has 0 aliphatic rings. The van der Waals surface area contributed by atoms with Gasteiger partial charge in [0.2, 0.25) is 6.41 Å². The average molecular weight is 165 g/mol. The van der Waals surface area contributed by atoms with Gasteiger partial charge in [0.05, 0.1) is 6.54 Å². The molecule has 1 aromatic rings. The molecular formula is C9H11NO2. The predicted octanol–water partition coefficient (Wildman–Crippen LogP) is 1.08. The van der Waals surface area contributed by atoms with Gasteiger partial charge in [-0.3, -0.25) is 10.0 Å². The summed E-state index contributed by atoms with van der Waals surface area (Å²) in [4.78, 5) is 10.0. The molecule has 0 spiro atoms. The highest BCUT2D eigenvalue weighted by molar-refractivity contribution is 5.44. The molecule has 0 bridgehead atoms. The van der Waals surface area contributed by atoms with E-state index in [-0.39, 0.29) is 0 Å². The molecule has 0 saturated heterocycles. The second-order valence-corrected chi connectivity index (χ2v) is 2.50. The molecule has 0 fully saturated rings. The van der Waals surface area contributed by atoms with Gasteiger partial charge in [-0.15, -0.1) is 0 Å². The monoisotopic (exact) mass is 165 g/mol. The molecule has 0 unspecified atom stereocenters. The Labute approximate surface area is 71.2 Å². The van der Waals surface area contributed by atoms with Crippen molar-refractivity contribution in [3.8, 4) is 0 Å². The second kappa shape index (κ2) is 4.51. The number of carbonyl (C=O) groups is 1. The van der Waals surface area contributed by atoms with Crippen LogP contribution in [0, 0.1) is 0 Å². The summed E-state index contributed by atoms with van der Waals surface area (Å²) < 4.78 is 0. The molecule has 12 heavy (non-hydrogen) atoms. The van der Waals surface area contributed by atoms with Crippen LogP contribution in [-0.4, -0.2) is 23.2 Å². The molecule has 0 aromatic heterocycles. The summed E-state index contributed by atoms with van der Waals surface area (Å²) in [5, 5.41) is 9.43. The van der Waals surface area contributed by atoms with E-state index < -0.39 is 0 Å². The number of benzene rings is 1. The highest BCUT2D eigenvalue weighted by Gasteiger charge is 1.95. The summed E-state index contributed by atoms with van der Waals surface area (Å²) in [5.41, 5.74) is 1.11. The molecule has 1 amide bonds. The summed E-state index contributed by atoms with van der Waals surface area (Å²) in [7, 11) is 0. The lowest BCUT2D eigenvalue weighted by Crippen LogP contribution is -2.19. The Morgan fingerprint density at radius 2 is 2.00 bits per heavy atom. The fourth-order valence-electron chi connectivity index (χ4n) is 0.941. The van der Waals surface area contributed by atoms with E-state index in [0.29, 0.717) is 24.4 Å². The van der Waals surface area contributed by atoms with Crippen LogP contribution in [0.4, 0.5) is 0 Å². The third-order valence-corrected chi connectivity index (χ3v) is 1.59. The van der Waals surface area contributed by atoms with Gasteiger partial charge in [-0.05, 0) is 12.0 Å². The zero-order valence-electron chi connectivity index (χ0n) is 6.68. The van der Waals surface area contributed by atoms with Crippen molar-refractivity contribution in [1.29, 1.82) is 0 Å². The minimum atomic E-state index is 0.341. The fraction of sp³-hybridized carbons (Fsp3) is 0.222. The molecule has 0 radical (unpaired) electrons. The Balaban J connectivity index is 2.38. The van der Waals surface area contributed by atoms with Gasteiger partial charge in [-0.2, -0.15) is 0 Å². The number of hydrogen-bond donors (Lipinski definition) is 1. The summed E-state index contributed by atoms with van der Waals surface area (Å²) in [5.74, 6) is 0. The van der Waals surface area contributed by atoms with E-state index in [4.69, 9.17) is 5.21 Å². The minimum absolute atomic E-state index is 0.341. The van der Waals surface area contributed by atoms with Crippen LogP contribution in [0.1, 0.15) is 5.56 Å². The molecular weight excluding hydrogens is 154 g/mol. The van der Waals surface area contributed by atoms with E-state index in [1.54, 1.807) is 0 Å². The molecule has 0 aliphatic carbocycles. The summed E-state index contributed by atoms with van der Waals surface area (Å²) in [6.45, 7) is 0.341. The lowest BCUT2D eigenvalue weighted by molar-refractivity contribution is -0.149. The molecule has 1 N–H and O–H groups in total. The van der Waals surface area contributed by atoms with Crippen molar-refractivity contribution in [3.05, 3.63) is 35.9 Å². The number of nitrogens with zero attached hydrogens (tertiary/aromatic N) is 1. The van der Waals surface area contributed by atoms with Crippen LogP contribution in [0.3, 0.4) is 0 Å². The van der Waals surface area contributed by atoms with Gasteiger partial charge in [-0.25, -0.2) is 5.06 Å². The van der Waals surface area contributed by atoms with Crippen LogP contribution in [0.5, 0.6) is 0 Å². The molecule has 0 heterocycles. The SMILES string of the molecule is O=CN(O)CCc1ccccc1. The Bertz CT molecular complexity index is 236. The van der Waals surface area contributed by atoms with Gasteiger partial charge in [0, 0.05) is 0 Å². The van der Waals surface area contributed by atoms with Gasteiger partial charge in [0.1, 0.15) is 0 Å². The normalized spacial score (nSPS) is 9.42. The lowest BCUT2D eigenvalue weighted by atomic mass is 10.1. The van der Waals surface area contributed by atoms with Crippen LogP contribution in [0.2, 0.25) is 0 Å². The summed E-state index contributed by atoms with van der Waals surface area (Å²) >= 11 is 0. The van der Waals surface area contributed by atoms with Gasteiger partial charge >= 0.3 is 0 Å². The summed E-state index contributed by atoms with van der Waals surface area (Å²) in [6, 6.07) is 9.70. The molecule has 0 aliphatic heterocycles. The highest BCUT2D eigenvalue weighted by Crippen LogP contribution is 1.99. The molecule has 64 valence electrons. The van der Waals surface area contributed by atoms with E-state index in [1.807, 2.05) is 30.3 Å². The molecule has 3 nitrogen and oxygen atoms in total. The molecule has 1 rings (SSSR count). The van der Waals surface area contributed by atoms with E-state index >= 15 is 0 Å². The minimum Gasteiger partial charge on any atom is -0.286 e. The fourth-order valence-corrected chi connectivity index (χ4v) is 0.941. The number of carbonyl (C=O) groups excluding carboxylic acids is 1. The van der Waals surface area contributed by atoms with Crippen molar-refractivity contribution in [1.82, 2.24) is 5.06 Å². The Morgan fingerprint density at radius 3 is 2.58 bits per heavy atom. The average Bonchev–Trinajstić information content (AvgIpc) is 2.16. The highest BCUT2D eigenvalue weighted by atomic mass is 16.5. The first-order valence-corrected chi connectivity index (χ1v) is 3.77. The van der Waals surface area contributed by atoms with E-state index in [9.17, 15) is 4.79 Å². The largest absolute Gasteiger partial charge is 0.286 e. The van der Waals surface area contributed by atoms with Crippen molar-refractivity contribution in [2.45, 2.75) is 6.42 Å². The van der Waals surface area contributed by atoms with Gasteiger partial charge in [0.15, 0.2) is 0 Å². The number of rotatable bonds is 4. The van der Waals surface area contributed by atoms with E-state index in [0.717, 1.165) is 5.56 Å². The predicted molar refractivity (Wildman–Crippen MR) is 44.7 cm³/mol. The maximum atomic E-state index is 10.0. The Morgan fingerprint density at radius 1 is 1.33 bits per heavy atom. The van der Waals surface area contributed by atoms with Crippen LogP contribution in [0.25, 0.3) is 0 Å².